The Bertz CT molecular complexity index is 469. The van der Waals surface area contributed by atoms with E-state index in [0.29, 0.717) is 12.5 Å². The summed E-state index contributed by atoms with van der Waals surface area (Å²) in [6.07, 6.45) is 3.07. The average Bonchev–Trinajstić information content (AvgIpc) is 3.14. The zero-order valence-electron chi connectivity index (χ0n) is 13.3. The zero-order chi connectivity index (χ0) is 15.6. The van der Waals surface area contributed by atoms with Crippen molar-refractivity contribution in [1.82, 2.24) is 9.80 Å². The fraction of sp³-hybridized carbons (Fsp3) is 0.667. The van der Waals surface area contributed by atoms with E-state index < -0.39 is 5.92 Å². The van der Waals surface area contributed by atoms with Gasteiger partial charge in [0.25, 0.3) is 5.92 Å². The molecule has 0 N–H and O–H groups in total. The highest BCUT2D eigenvalue weighted by Crippen LogP contribution is 2.50. The molecule has 0 unspecified atom stereocenters. The van der Waals surface area contributed by atoms with Crippen LogP contribution in [-0.2, 0) is 6.54 Å². The number of benzene rings is 1. The molecule has 0 spiro atoms. The molecular weight excluding hydrogens is 282 g/mol. The lowest BCUT2D eigenvalue weighted by Gasteiger charge is -2.36. The molecule has 1 saturated carbocycles. The van der Waals surface area contributed by atoms with Gasteiger partial charge in [-0.25, -0.2) is 8.78 Å². The summed E-state index contributed by atoms with van der Waals surface area (Å²) in [6.45, 7) is 3.92. The summed E-state index contributed by atoms with van der Waals surface area (Å²) in [5, 5.41) is 0. The minimum absolute atomic E-state index is 0.114. The standard InChI is InChI=1S/C18H26F2N2/c1-21(14-15-5-3-2-4-6-15)17-8-11-22(12-9-17)10-7-16-13-18(16,19)20/h2-6,16-17H,7-14H2,1H3/t16-/m0/s1. The van der Waals surface area contributed by atoms with E-state index in [2.05, 4.69) is 41.1 Å². The predicted molar refractivity (Wildman–Crippen MR) is 85.0 cm³/mol. The Hall–Kier alpha value is -1.00. The van der Waals surface area contributed by atoms with Crippen LogP contribution in [0, 0.1) is 5.92 Å². The maximum Gasteiger partial charge on any atom is 0.251 e. The lowest BCUT2D eigenvalue weighted by atomic mass is 10.0. The maximum atomic E-state index is 12.9. The Morgan fingerprint density at radius 3 is 2.41 bits per heavy atom. The molecular formula is C18H26F2N2. The van der Waals surface area contributed by atoms with Crippen molar-refractivity contribution in [3.8, 4) is 0 Å². The lowest BCUT2D eigenvalue weighted by molar-refractivity contribution is 0.0872. The van der Waals surface area contributed by atoms with E-state index in [9.17, 15) is 8.78 Å². The largest absolute Gasteiger partial charge is 0.303 e. The van der Waals surface area contributed by atoms with Gasteiger partial charge in [0.1, 0.15) is 0 Å². The summed E-state index contributed by atoms with van der Waals surface area (Å²) in [5.74, 6) is -2.69. The van der Waals surface area contributed by atoms with Gasteiger partial charge < -0.3 is 4.90 Å². The third kappa shape index (κ3) is 4.05. The first kappa shape index (κ1) is 15.9. The average molecular weight is 308 g/mol. The zero-order valence-corrected chi connectivity index (χ0v) is 13.3. The number of hydrogen-bond donors (Lipinski definition) is 0. The number of hydrogen-bond acceptors (Lipinski definition) is 2. The minimum Gasteiger partial charge on any atom is -0.303 e. The molecule has 22 heavy (non-hydrogen) atoms. The van der Waals surface area contributed by atoms with E-state index in [1.165, 1.54) is 5.56 Å². The van der Waals surface area contributed by atoms with Crippen LogP contribution < -0.4 is 0 Å². The van der Waals surface area contributed by atoms with Gasteiger partial charge in [0, 0.05) is 24.9 Å². The van der Waals surface area contributed by atoms with Crippen LogP contribution in [0.2, 0.25) is 0 Å². The summed E-state index contributed by atoms with van der Waals surface area (Å²) in [4.78, 5) is 4.79. The van der Waals surface area contributed by atoms with Crippen molar-refractivity contribution >= 4 is 0 Å². The monoisotopic (exact) mass is 308 g/mol. The Labute approximate surface area is 132 Å². The van der Waals surface area contributed by atoms with Crippen molar-refractivity contribution in [2.75, 3.05) is 26.7 Å². The Morgan fingerprint density at radius 1 is 1.18 bits per heavy atom. The molecule has 1 aromatic carbocycles. The Morgan fingerprint density at radius 2 is 1.82 bits per heavy atom. The highest BCUT2D eigenvalue weighted by atomic mass is 19.3. The fourth-order valence-corrected chi connectivity index (χ4v) is 3.51. The van der Waals surface area contributed by atoms with Crippen molar-refractivity contribution < 1.29 is 8.78 Å². The van der Waals surface area contributed by atoms with E-state index >= 15 is 0 Å². The molecule has 3 rings (SSSR count). The highest BCUT2D eigenvalue weighted by Gasteiger charge is 2.56. The molecule has 1 aromatic rings. The number of halogens is 2. The van der Waals surface area contributed by atoms with Crippen LogP contribution in [0.25, 0.3) is 0 Å². The van der Waals surface area contributed by atoms with E-state index in [-0.39, 0.29) is 12.3 Å². The molecule has 0 bridgehead atoms. The van der Waals surface area contributed by atoms with Crippen molar-refractivity contribution in [2.45, 2.75) is 44.2 Å². The number of nitrogens with zero attached hydrogens (tertiary/aromatic N) is 2. The molecule has 122 valence electrons. The summed E-state index contributed by atoms with van der Waals surface area (Å²) in [6, 6.07) is 11.2. The topological polar surface area (TPSA) is 6.48 Å². The molecule has 2 fully saturated rings. The minimum atomic E-state index is -2.35. The van der Waals surface area contributed by atoms with Crippen LogP contribution in [0.4, 0.5) is 8.78 Å². The molecule has 2 aliphatic rings. The SMILES string of the molecule is CN(Cc1ccccc1)C1CCN(CC[C@H]2CC2(F)F)CC1. The van der Waals surface area contributed by atoms with Gasteiger partial charge in [-0.3, -0.25) is 4.90 Å². The molecule has 1 aliphatic heterocycles. The molecule has 0 radical (unpaired) electrons. The Balaban J connectivity index is 1.38. The molecule has 1 saturated heterocycles. The van der Waals surface area contributed by atoms with Crippen LogP contribution in [0.3, 0.4) is 0 Å². The fourth-order valence-electron chi connectivity index (χ4n) is 3.51. The third-order valence-corrected chi connectivity index (χ3v) is 5.20. The second kappa shape index (κ2) is 6.63. The molecule has 2 nitrogen and oxygen atoms in total. The quantitative estimate of drug-likeness (QED) is 0.792. The van der Waals surface area contributed by atoms with E-state index in [4.69, 9.17) is 0 Å². The summed E-state index contributed by atoms with van der Waals surface area (Å²) >= 11 is 0. The van der Waals surface area contributed by atoms with Gasteiger partial charge in [-0.15, -0.1) is 0 Å². The number of likely N-dealkylation sites (tertiary alicyclic amines) is 1. The first-order valence-electron chi connectivity index (χ1n) is 8.39. The van der Waals surface area contributed by atoms with Gasteiger partial charge in [0.15, 0.2) is 0 Å². The van der Waals surface area contributed by atoms with Crippen molar-refractivity contribution in [3.05, 3.63) is 35.9 Å². The van der Waals surface area contributed by atoms with Gasteiger partial charge in [-0.05, 0) is 51.5 Å². The van der Waals surface area contributed by atoms with Crippen LogP contribution in [0.15, 0.2) is 30.3 Å². The molecule has 0 aromatic heterocycles. The van der Waals surface area contributed by atoms with Gasteiger partial charge in [-0.2, -0.15) is 0 Å². The smallest absolute Gasteiger partial charge is 0.251 e. The number of rotatable bonds is 6. The van der Waals surface area contributed by atoms with Gasteiger partial charge >= 0.3 is 0 Å². The van der Waals surface area contributed by atoms with E-state index in [1.807, 2.05) is 6.07 Å². The molecule has 1 aliphatic carbocycles. The molecule has 1 heterocycles. The van der Waals surface area contributed by atoms with Gasteiger partial charge in [0.05, 0.1) is 0 Å². The second-order valence-electron chi connectivity index (χ2n) is 6.92. The summed E-state index contributed by atoms with van der Waals surface area (Å²) < 4.78 is 25.8. The molecule has 1 atom stereocenters. The summed E-state index contributed by atoms with van der Waals surface area (Å²) in [7, 11) is 2.19. The van der Waals surface area contributed by atoms with Crippen molar-refractivity contribution in [2.24, 2.45) is 5.92 Å². The van der Waals surface area contributed by atoms with E-state index in [0.717, 1.165) is 39.0 Å². The van der Waals surface area contributed by atoms with Crippen LogP contribution >= 0.6 is 0 Å². The highest BCUT2D eigenvalue weighted by molar-refractivity contribution is 5.14. The van der Waals surface area contributed by atoms with Crippen molar-refractivity contribution in [3.63, 3.8) is 0 Å². The van der Waals surface area contributed by atoms with Crippen LogP contribution in [-0.4, -0.2) is 48.4 Å². The van der Waals surface area contributed by atoms with Crippen LogP contribution in [0.1, 0.15) is 31.2 Å². The number of alkyl halides is 2. The van der Waals surface area contributed by atoms with Crippen molar-refractivity contribution in [1.29, 1.82) is 0 Å². The first-order valence-corrected chi connectivity index (χ1v) is 8.39. The summed E-state index contributed by atoms with van der Waals surface area (Å²) in [5.41, 5.74) is 1.35. The normalized spacial score (nSPS) is 25.5. The lowest BCUT2D eigenvalue weighted by Crippen LogP contribution is -2.43. The second-order valence-corrected chi connectivity index (χ2v) is 6.92. The first-order chi connectivity index (χ1) is 10.5. The van der Waals surface area contributed by atoms with Crippen LogP contribution in [0.5, 0.6) is 0 Å². The van der Waals surface area contributed by atoms with E-state index in [1.54, 1.807) is 0 Å². The molecule has 0 amide bonds. The number of piperidine rings is 1. The Kier molecular flexibility index (Phi) is 4.79. The maximum absolute atomic E-state index is 12.9. The third-order valence-electron chi connectivity index (χ3n) is 5.20. The van der Waals surface area contributed by atoms with Gasteiger partial charge in [0.2, 0.25) is 0 Å². The predicted octanol–water partition coefficient (Wildman–Crippen LogP) is 3.63. The molecule has 4 heteroatoms. The van der Waals surface area contributed by atoms with Gasteiger partial charge in [-0.1, -0.05) is 30.3 Å².